The third-order valence-electron chi connectivity index (χ3n) is 7.63. The fourth-order valence-corrected chi connectivity index (χ4v) is 7.44. The summed E-state index contributed by atoms with van der Waals surface area (Å²) in [6.45, 7) is 1.70. The minimum absolute atomic E-state index is 0.156. The molecule has 0 saturated carbocycles. The van der Waals surface area contributed by atoms with E-state index in [0.29, 0.717) is 27.0 Å². The van der Waals surface area contributed by atoms with Crippen molar-refractivity contribution in [2.75, 3.05) is 4.90 Å². The van der Waals surface area contributed by atoms with Gasteiger partial charge in [0.05, 0.1) is 22.2 Å². The van der Waals surface area contributed by atoms with Crippen molar-refractivity contribution in [3.63, 3.8) is 0 Å². The summed E-state index contributed by atoms with van der Waals surface area (Å²) in [6.07, 6.45) is 1.70. The number of thioether (sulfide) groups is 1. The largest absolute Gasteiger partial charge is 0.505 e. The summed E-state index contributed by atoms with van der Waals surface area (Å²) < 4.78 is 2.22. The van der Waals surface area contributed by atoms with Gasteiger partial charge in [0, 0.05) is 24.1 Å². The highest BCUT2D eigenvalue weighted by Crippen LogP contribution is 2.44. The molecule has 0 spiro atoms. The van der Waals surface area contributed by atoms with Crippen LogP contribution in [-0.4, -0.2) is 41.3 Å². The van der Waals surface area contributed by atoms with E-state index in [-0.39, 0.29) is 22.1 Å². The molecule has 1 aliphatic rings. The van der Waals surface area contributed by atoms with Crippen molar-refractivity contribution in [1.82, 2.24) is 19.6 Å². The van der Waals surface area contributed by atoms with E-state index in [1.165, 1.54) is 40.9 Å². The van der Waals surface area contributed by atoms with Gasteiger partial charge >= 0.3 is 5.91 Å². The van der Waals surface area contributed by atoms with Crippen molar-refractivity contribution in [3.05, 3.63) is 129 Å². The Hall–Kier alpha value is -5.40. The lowest BCUT2D eigenvalue weighted by atomic mass is 9.96. The first-order valence-corrected chi connectivity index (χ1v) is 15.5. The summed E-state index contributed by atoms with van der Waals surface area (Å²) in [5.74, 6) is -1.62. The number of nitro groups is 1. The summed E-state index contributed by atoms with van der Waals surface area (Å²) in [7, 11) is 0. The summed E-state index contributed by atoms with van der Waals surface area (Å²) in [4.78, 5) is 43.9. The number of carbonyl (C=O) groups excluding carboxylic acids is 2. The number of fused-ring (bicyclic) bond motifs is 2. The minimum atomic E-state index is -1.12. The highest BCUT2D eigenvalue weighted by Gasteiger charge is 2.49. The third kappa shape index (κ3) is 4.91. The van der Waals surface area contributed by atoms with Gasteiger partial charge in [0.1, 0.15) is 11.3 Å². The normalized spacial score (nSPS) is 16.2. The van der Waals surface area contributed by atoms with Crippen LogP contribution < -0.4 is 4.90 Å². The molecule has 3 aromatic carbocycles. The van der Waals surface area contributed by atoms with E-state index >= 15 is 0 Å². The zero-order valence-electron chi connectivity index (χ0n) is 23.5. The Morgan fingerprint density at radius 1 is 1.00 bits per heavy atom. The summed E-state index contributed by atoms with van der Waals surface area (Å²) >= 11 is 2.60. The lowest BCUT2D eigenvalue weighted by Crippen LogP contribution is -2.29. The number of nitrogens with zero attached hydrogens (tertiary/aromatic N) is 6. The molecule has 222 valence electrons. The van der Waals surface area contributed by atoms with Crippen LogP contribution in [0.15, 0.2) is 101 Å². The van der Waals surface area contributed by atoms with Crippen molar-refractivity contribution in [2.45, 2.75) is 23.1 Å². The van der Waals surface area contributed by atoms with E-state index < -0.39 is 28.4 Å². The number of Topliss-reactive ketones (excluding diaryl/α,β-unsaturated/α-hetero) is 1. The molecular formula is C32H22N6O5S2. The molecule has 1 amide bonds. The first-order chi connectivity index (χ1) is 21.8. The number of hydrogen-bond acceptors (Lipinski definition) is 10. The number of carbonyl (C=O) groups is 2. The van der Waals surface area contributed by atoms with Crippen LogP contribution in [0.2, 0.25) is 0 Å². The zero-order chi connectivity index (χ0) is 31.2. The number of aryl methyl sites for hydroxylation is 1. The fraction of sp³-hybridized carbons (Fsp3) is 0.0938. The van der Waals surface area contributed by atoms with Gasteiger partial charge < -0.3 is 5.11 Å². The Kier molecular flexibility index (Phi) is 7.10. The van der Waals surface area contributed by atoms with Crippen LogP contribution in [0, 0.1) is 17.0 Å². The maximum Gasteiger partial charge on any atom is 0.301 e. The van der Waals surface area contributed by atoms with E-state index in [1.54, 1.807) is 35.7 Å². The number of ketones is 1. The SMILES string of the molecule is Cc1nc2ccccn2c1C(O)=C1C(=O)C(=O)N(c2nnc(SCc3cccc4ccccc34)s2)C1c1ccc([N+](=O)[O-])cc1. The number of pyridine rings is 1. The van der Waals surface area contributed by atoms with Crippen LogP contribution >= 0.6 is 23.1 Å². The van der Waals surface area contributed by atoms with E-state index in [9.17, 15) is 24.8 Å². The number of aliphatic hydroxyl groups excluding tert-OH is 1. The van der Waals surface area contributed by atoms with Gasteiger partial charge in [-0.3, -0.25) is 29.0 Å². The van der Waals surface area contributed by atoms with Gasteiger partial charge in [0.2, 0.25) is 5.13 Å². The van der Waals surface area contributed by atoms with E-state index in [1.807, 2.05) is 24.3 Å². The number of aromatic nitrogens is 4. The smallest absolute Gasteiger partial charge is 0.301 e. The van der Waals surface area contributed by atoms with Crippen LogP contribution in [0.1, 0.15) is 28.6 Å². The third-order valence-corrected chi connectivity index (χ3v) is 9.73. The molecule has 6 aromatic rings. The summed E-state index contributed by atoms with van der Waals surface area (Å²) in [5.41, 5.74) is 2.43. The first kappa shape index (κ1) is 28.4. The Morgan fingerprint density at radius 3 is 2.56 bits per heavy atom. The average Bonchev–Trinajstić information content (AvgIpc) is 3.73. The van der Waals surface area contributed by atoms with Gasteiger partial charge in [-0.15, -0.1) is 10.2 Å². The summed E-state index contributed by atoms with van der Waals surface area (Å²) in [6, 6.07) is 23.9. The lowest BCUT2D eigenvalue weighted by molar-refractivity contribution is -0.384. The molecule has 0 aliphatic carbocycles. The van der Waals surface area contributed by atoms with E-state index in [2.05, 4.69) is 33.4 Å². The van der Waals surface area contributed by atoms with Crippen LogP contribution in [-0.2, 0) is 15.3 Å². The van der Waals surface area contributed by atoms with Gasteiger partial charge in [0.15, 0.2) is 10.1 Å². The van der Waals surface area contributed by atoms with Crippen molar-refractivity contribution < 1.29 is 19.6 Å². The van der Waals surface area contributed by atoms with Gasteiger partial charge in [-0.1, -0.05) is 71.6 Å². The molecule has 45 heavy (non-hydrogen) atoms. The number of imidazole rings is 1. The molecule has 1 unspecified atom stereocenters. The number of rotatable bonds is 7. The molecule has 1 aliphatic heterocycles. The molecule has 0 radical (unpaired) electrons. The molecule has 13 heteroatoms. The van der Waals surface area contributed by atoms with E-state index in [0.717, 1.165) is 27.7 Å². The number of anilines is 1. The fourth-order valence-electron chi connectivity index (χ4n) is 5.57. The Morgan fingerprint density at radius 2 is 1.76 bits per heavy atom. The Bertz CT molecular complexity index is 2180. The molecular weight excluding hydrogens is 613 g/mol. The van der Waals surface area contributed by atoms with Gasteiger partial charge in [-0.05, 0) is 53.1 Å². The minimum Gasteiger partial charge on any atom is -0.505 e. The lowest BCUT2D eigenvalue weighted by Gasteiger charge is -2.22. The molecule has 3 aromatic heterocycles. The number of aliphatic hydroxyl groups is 1. The molecule has 0 bridgehead atoms. The van der Waals surface area contributed by atoms with Crippen molar-refractivity contribution in [1.29, 1.82) is 0 Å². The standard InChI is InChI=1S/C32H22N6O5S2/c1-18-26(36-16-5-4-11-24(36)33-18)28(39)25-27(20-12-14-22(15-13-20)38(42)43)37(30(41)29(25)40)31-34-35-32(45-31)44-17-21-9-6-8-19-7-2-3-10-23(19)21/h2-16,27,39H,17H2,1H3. The second-order valence-corrected chi connectivity index (χ2v) is 12.4. The average molecular weight is 635 g/mol. The molecule has 11 nitrogen and oxygen atoms in total. The van der Waals surface area contributed by atoms with Crippen molar-refractivity contribution >= 4 is 67.8 Å². The number of hydrogen-bond donors (Lipinski definition) is 1. The van der Waals surface area contributed by atoms with Crippen molar-refractivity contribution in [2.24, 2.45) is 0 Å². The Balaban J connectivity index is 1.30. The van der Waals surface area contributed by atoms with Crippen LogP contribution in [0.25, 0.3) is 22.2 Å². The van der Waals surface area contributed by atoms with Gasteiger partial charge in [-0.25, -0.2) is 4.98 Å². The van der Waals surface area contributed by atoms with Gasteiger partial charge in [0.25, 0.3) is 11.5 Å². The zero-order valence-corrected chi connectivity index (χ0v) is 25.2. The summed E-state index contributed by atoms with van der Waals surface area (Å²) in [5, 5.41) is 34.0. The maximum absolute atomic E-state index is 13.7. The maximum atomic E-state index is 13.7. The highest BCUT2D eigenvalue weighted by atomic mass is 32.2. The molecule has 1 N–H and O–H groups in total. The van der Waals surface area contributed by atoms with Crippen LogP contribution in [0.4, 0.5) is 10.8 Å². The predicted octanol–water partition coefficient (Wildman–Crippen LogP) is 6.47. The molecule has 1 fully saturated rings. The van der Waals surface area contributed by atoms with Crippen molar-refractivity contribution in [3.8, 4) is 0 Å². The molecule has 7 rings (SSSR count). The number of non-ortho nitro benzene ring substituents is 1. The van der Waals surface area contributed by atoms with Crippen LogP contribution in [0.3, 0.4) is 0 Å². The topological polar surface area (TPSA) is 144 Å². The van der Waals surface area contributed by atoms with Gasteiger partial charge in [-0.2, -0.15) is 0 Å². The molecule has 1 saturated heterocycles. The highest BCUT2D eigenvalue weighted by molar-refractivity contribution is 8.00. The molecule has 4 heterocycles. The van der Waals surface area contributed by atoms with Crippen LogP contribution in [0.5, 0.6) is 0 Å². The second-order valence-electron chi connectivity index (χ2n) is 10.3. The number of benzene rings is 3. The monoisotopic (exact) mass is 634 g/mol. The quantitative estimate of drug-likeness (QED) is 0.0397. The predicted molar refractivity (Wildman–Crippen MR) is 171 cm³/mol. The van der Waals surface area contributed by atoms with E-state index in [4.69, 9.17) is 0 Å². The first-order valence-electron chi connectivity index (χ1n) is 13.7. The number of nitro benzene ring substituents is 1. The Labute approximate surface area is 263 Å². The molecule has 1 atom stereocenters. The number of amides is 1. The second kappa shape index (κ2) is 11.3.